The maximum Gasteiger partial charge on any atom is 0.250 e. The van der Waals surface area contributed by atoms with E-state index < -0.39 is 10.0 Å². The highest BCUT2D eigenvalue weighted by atomic mass is 32.2. The van der Waals surface area contributed by atoms with Crippen LogP contribution in [0.4, 0.5) is 0 Å². The standard InChI is InChI=1S/C13H18N4O2S2/c1-2-14-8-6-12-3-4-13(20-12)21(18,19)17-9-11-5-7-15-10-16-11/h3-5,7,10,14,17H,2,6,8-9H2,1H3. The summed E-state index contributed by atoms with van der Waals surface area (Å²) in [4.78, 5) is 8.84. The molecule has 0 aliphatic carbocycles. The minimum absolute atomic E-state index is 0.162. The van der Waals surface area contributed by atoms with E-state index in [-0.39, 0.29) is 6.54 Å². The van der Waals surface area contributed by atoms with Crippen molar-refractivity contribution in [3.63, 3.8) is 0 Å². The minimum atomic E-state index is -3.48. The van der Waals surface area contributed by atoms with E-state index in [0.717, 1.165) is 24.4 Å². The lowest BCUT2D eigenvalue weighted by molar-refractivity contribution is 0.582. The van der Waals surface area contributed by atoms with Gasteiger partial charge >= 0.3 is 0 Å². The first-order valence-corrected chi connectivity index (χ1v) is 8.96. The van der Waals surface area contributed by atoms with Gasteiger partial charge in [-0.05, 0) is 37.7 Å². The van der Waals surface area contributed by atoms with E-state index >= 15 is 0 Å². The van der Waals surface area contributed by atoms with Crippen molar-refractivity contribution in [1.82, 2.24) is 20.0 Å². The summed E-state index contributed by atoms with van der Waals surface area (Å²) in [6.45, 7) is 3.97. The van der Waals surface area contributed by atoms with Crippen molar-refractivity contribution in [3.05, 3.63) is 41.3 Å². The van der Waals surface area contributed by atoms with Crippen LogP contribution in [0, 0.1) is 0 Å². The van der Waals surface area contributed by atoms with Crippen molar-refractivity contribution < 1.29 is 8.42 Å². The zero-order valence-corrected chi connectivity index (χ0v) is 13.4. The van der Waals surface area contributed by atoms with Crippen LogP contribution in [0.2, 0.25) is 0 Å². The van der Waals surface area contributed by atoms with Crippen LogP contribution in [-0.2, 0) is 23.0 Å². The second-order valence-electron chi connectivity index (χ2n) is 4.35. The van der Waals surface area contributed by atoms with Gasteiger partial charge in [0, 0.05) is 11.1 Å². The van der Waals surface area contributed by atoms with E-state index in [1.165, 1.54) is 17.7 Å². The van der Waals surface area contributed by atoms with Crippen LogP contribution in [0.25, 0.3) is 0 Å². The van der Waals surface area contributed by atoms with Gasteiger partial charge in [0.15, 0.2) is 0 Å². The molecule has 0 aliphatic rings. The van der Waals surface area contributed by atoms with Gasteiger partial charge in [-0.3, -0.25) is 0 Å². The highest BCUT2D eigenvalue weighted by Gasteiger charge is 2.16. The molecule has 6 nitrogen and oxygen atoms in total. The quantitative estimate of drug-likeness (QED) is 0.712. The highest BCUT2D eigenvalue weighted by Crippen LogP contribution is 2.21. The Balaban J connectivity index is 1.96. The summed E-state index contributed by atoms with van der Waals surface area (Å²) in [5, 5.41) is 3.22. The Hall–Kier alpha value is -1.35. The average molecular weight is 326 g/mol. The van der Waals surface area contributed by atoms with Gasteiger partial charge in [-0.15, -0.1) is 11.3 Å². The highest BCUT2D eigenvalue weighted by molar-refractivity contribution is 7.91. The molecular weight excluding hydrogens is 308 g/mol. The third kappa shape index (κ3) is 4.85. The van der Waals surface area contributed by atoms with Crippen LogP contribution >= 0.6 is 11.3 Å². The fraction of sp³-hybridized carbons (Fsp3) is 0.385. The number of aromatic nitrogens is 2. The molecule has 0 spiro atoms. The number of hydrogen-bond acceptors (Lipinski definition) is 6. The van der Waals surface area contributed by atoms with Crippen LogP contribution in [0.5, 0.6) is 0 Å². The van der Waals surface area contributed by atoms with Gasteiger partial charge < -0.3 is 5.32 Å². The molecule has 2 N–H and O–H groups in total. The van der Waals surface area contributed by atoms with Crippen LogP contribution in [0.15, 0.2) is 34.9 Å². The van der Waals surface area contributed by atoms with Gasteiger partial charge in [-0.2, -0.15) is 0 Å². The number of nitrogens with one attached hydrogen (secondary N) is 2. The molecule has 0 fully saturated rings. The van der Waals surface area contributed by atoms with Crippen LogP contribution < -0.4 is 10.0 Å². The number of hydrogen-bond donors (Lipinski definition) is 2. The van der Waals surface area contributed by atoms with E-state index in [9.17, 15) is 8.42 Å². The van der Waals surface area contributed by atoms with Gasteiger partial charge in [0.05, 0.1) is 12.2 Å². The van der Waals surface area contributed by atoms with Crippen molar-refractivity contribution in [3.8, 4) is 0 Å². The summed E-state index contributed by atoms with van der Waals surface area (Å²) < 4.78 is 27.3. The van der Waals surface area contributed by atoms with E-state index in [2.05, 4.69) is 20.0 Å². The topological polar surface area (TPSA) is 84.0 Å². The maximum atomic E-state index is 12.2. The predicted molar refractivity (Wildman–Crippen MR) is 82.6 cm³/mol. The van der Waals surface area contributed by atoms with Gasteiger partial charge in [0.1, 0.15) is 10.5 Å². The lowest BCUT2D eigenvalue weighted by Crippen LogP contribution is -2.22. The summed E-state index contributed by atoms with van der Waals surface area (Å²) >= 11 is 1.30. The Bertz CT molecular complexity index is 656. The normalized spacial score (nSPS) is 11.7. The van der Waals surface area contributed by atoms with Crippen LogP contribution in [0.1, 0.15) is 17.5 Å². The van der Waals surface area contributed by atoms with Crippen molar-refractivity contribution >= 4 is 21.4 Å². The molecule has 0 bridgehead atoms. The monoisotopic (exact) mass is 326 g/mol. The minimum Gasteiger partial charge on any atom is -0.317 e. The number of likely N-dealkylation sites (N-methyl/N-ethyl adjacent to an activating group) is 1. The second kappa shape index (κ2) is 7.60. The molecule has 0 amide bonds. The lowest BCUT2D eigenvalue weighted by atomic mass is 10.3. The molecule has 0 radical (unpaired) electrons. The van der Waals surface area contributed by atoms with Gasteiger partial charge in [-0.1, -0.05) is 6.92 Å². The molecule has 0 aliphatic heterocycles. The average Bonchev–Trinajstić information content (AvgIpc) is 2.96. The first-order chi connectivity index (χ1) is 10.1. The van der Waals surface area contributed by atoms with E-state index in [1.54, 1.807) is 18.3 Å². The molecule has 0 saturated carbocycles. The summed E-state index contributed by atoms with van der Waals surface area (Å²) in [7, 11) is -3.48. The third-order valence-corrected chi connectivity index (χ3v) is 5.82. The van der Waals surface area contributed by atoms with E-state index in [0.29, 0.717) is 9.90 Å². The fourth-order valence-corrected chi connectivity index (χ4v) is 4.09. The fourth-order valence-electron chi connectivity index (χ4n) is 1.69. The number of sulfonamides is 1. The van der Waals surface area contributed by atoms with Crippen molar-refractivity contribution in [2.45, 2.75) is 24.1 Å². The summed E-state index contributed by atoms with van der Waals surface area (Å²) in [6.07, 6.45) is 3.81. The zero-order chi connectivity index (χ0) is 15.1. The van der Waals surface area contributed by atoms with Crippen LogP contribution in [-0.4, -0.2) is 31.5 Å². The number of rotatable bonds is 8. The molecular formula is C13H18N4O2S2. The molecule has 2 rings (SSSR count). The summed E-state index contributed by atoms with van der Waals surface area (Å²) in [5.74, 6) is 0. The maximum absolute atomic E-state index is 12.2. The molecule has 0 saturated heterocycles. The zero-order valence-electron chi connectivity index (χ0n) is 11.7. The van der Waals surface area contributed by atoms with Crippen LogP contribution in [0.3, 0.4) is 0 Å². The van der Waals surface area contributed by atoms with Gasteiger partial charge in [-0.25, -0.2) is 23.1 Å². The van der Waals surface area contributed by atoms with Gasteiger partial charge in [0.2, 0.25) is 10.0 Å². The molecule has 2 heterocycles. The Morgan fingerprint density at radius 1 is 1.29 bits per heavy atom. The van der Waals surface area contributed by atoms with Crippen molar-refractivity contribution in [2.75, 3.05) is 13.1 Å². The van der Waals surface area contributed by atoms with E-state index in [4.69, 9.17) is 0 Å². The van der Waals surface area contributed by atoms with Crippen molar-refractivity contribution in [1.29, 1.82) is 0 Å². The number of nitrogens with zero attached hydrogens (tertiary/aromatic N) is 2. The molecule has 21 heavy (non-hydrogen) atoms. The van der Waals surface area contributed by atoms with E-state index in [1.807, 2.05) is 13.0 Å². The molecule has 114 valence electrons. The Labute approximate surface area is 128 Å². The third-order valence-electron chi connectivity index (χ3n) is 2.79. The van der Waals surface area contributed by atoms with Crippen molar-refractivity contribution in [2.24, 2.45) is 0 Å². The van der Waals surface area contributed by atoms with Gasteiger partial charge in [0.25, 0.3) is 0 Å². The molecule has 2 aromatic heterocycles. The first kappa shape index (κ1) is 16.0. The smallest absolute Gasteiger partial charge is 0.250 e. The Morgan fingerprint density at radius 2 is 2.14 bits per heavy atom. The molecule has 0 atom stereocenters. The summed E-state index contributed by atoms with van der Waals surface area (Å²) in [6, 6.07) is 5.19. The molecule has 8 heteroatoms. The Kier molecular flexibility index (Phi) is 5.80. The Morgan fingerprint density at radius 3 is 2.86 bits per heavy atom. The second-order valence-corrected chi connectivity index (χ2v) is 7.51. The summed E-state index contributed by atoms with van der Waals surface area (Å²) in [5.41, 5.74) is 0.637. The first-order valence-electron chi connectivity index (χ1n) is 6.66. The molecule has 0 unspecified atom stereocenters. The number of thiophene rings is 1. The molecule has 0 aromatic carbocycles. The predicted octanol–water partition coefficient (Wildman–Crippen LogP) is 1.17. The largest absolute Gasteiger partial charge is 0.317 e. The SMILES string of the molecule is CCNCCc1ccc(S(=O)(=O)NCc2ccncn2)s1. The molecule has 2 aromatic rings. The lowest BCUT2D eigenvalue weighted by Gasteiger charge is -2.03.